The van der Waals surface area contributed by atoms with E-state index in [-0.39, 0.29) is 17.9 Å². The molecule has 0 unspecified atom stereocenters. The Balaban J connectivity index is 0.00000120. The van der Waals surface area contributed by atoms with Crippen molar-refractivity contribution in [1.29, 1.82) is 0 Å². The van der Waals surface area contributed by atoms with Crippen molar-refractivity contribution in [2.45, 2.75) is 17.9 Å². The predicted octanol–water partition coefficient (Wildman–Crippen LogP) is 4.10. The van der Waals surface area contributed by atoms with Crippen LogP contribution in [0.5, 0.6) is 0 Å². The van der Waals surface area contributed by atoms with Crippen molar-refractivity contribution in [2.24, 2.45) is 5.73 Å². The van der Waals surface area contributed by atoms with Gasteiger partial charge in [0.25, 0.3) is 0 Å². The van der Waals surface area contributed by atoms with Crippen molar-refractivity contribution < 1.29 is 0 Å². The van der Waals surface area contributed by atoms with Crippen LogP contribution in [-0.2, 0) is 5.54 Å². The average Bonchev–Trinajstić information content (AvgIpc) is 3.05. The molecule has 0 saturated heterocycles. The zero-order valence-corrected chi connectivity index (χ0v) is 11.4. The van der Waals surface area contributed by atoms with E-state index in [1.807, 2.05) is 30.3 Å². The number of halogens is 2. The van der Waals surface area contributed by atoms with Gasteiger partial charge in [0.15, 0.2) is 0 Å². The van der Waals surface area contributed by atoms with Crippen molar-refractivity contribution >= 4 is 24.0 Å². The summed E-state index contributed by atoms with van der Waals surface area (Å²) in [7, 11) is 0. The molecule has 1 aliphatic carbocycles. The molecular weight excluding hydrogens is 265 g/mol. The highest BCUT2D eigenvalue weighted by molar-refractivity contribution is 6.30. The van der Waals surface area contributed by atoms with Gasteiger partial charge < -0.3 is 5.73 Å². The number of hydrogen-bond donors (Lipinski definition) is 1. The highest BCUT2D eigenvalue weighted by Crippen LogP contribution is 2.56. The minimum atomic E-state index is -0.185. The summed E-state index contributed by atoms with van der Waals surface area (Å²) in [5, 5.41) is 0.775. The molecule has 1 saturated carbocycles. The van der Waals surface area contributed by atoms with E-state index in [4.69, 9.17) is 17.3 Å². The van der Waals surface area contributed by atoms with Gasteiger partial charge in [-0.05, 0) is 29.7 Å². The third kappa shape index (κ3) is 2.26. The highest BCUT2D eigenvalue weighted by atomic mass is 35.5. The van der Waals surface area contributed by atoms with E-state index in [0.717, 1.165) is 11.4 Å². The van der Waals surface area contributed by atoms with Crippen molar-refractivity contribution in [3.63, 3.8) is 0 Å². The summed E-state index contributed by atoms with van der Waals surface area (Å²) in [6.07, 6.45) is 1.01. The van der Waals surface area contributed by atoms with Gasteiger partial charge in [0, 0.05) is 16.5 Å². The van der Waals surface area contributed by atoms with Gasteiger partial charge in [-0.1, -0.05) is 54.1 Å². The zero-order valence-electron chi connectivity index (χ0n) is 9.84. The first kappa shape index (κ1) is 13.4. The van der Waals surface area contributed by atoms with Crippen molar-refractivity contribution in [1.82, 2.24) is 0 Å². The summed E-state index contributed by atoms with van der Waals surface area (Å²) in [5.41, 5.74) is 8.76. The monoisotopic (exact) mass is 279 g/mol. The minimum Gasteiger partial charge on any atom is -0.321 e. The second kappa shape index (κ2) is 4.93. The Labute approximate surface area is 118 Å². The van der Waals surface area contributed by atoms with Crippen LogP contribution in [-0.4, -0.2) is 0 Å². The predicted molar refractivity (Wildman–Crippen MR) is 78.4 cm³/mol. The van der Waals surface area contributed by atoms with Gasteiger partial charge in [-0.2, -0.15) is 0 Å². The van der Waals surface area contributed by atoms with E-state index in [2.05, 4.69) is 24.3 Å². The van der Waals surface area contributed by atoms with Crippen LogP contribution in [0.2, 0.25) is 5.02 Å². The molecule has 1 fully saturated rings. The minimum absolute atomic E-state index is 0. The second-order valence-electron chi connectivity index (χ2n) is 4.71. The van der Waals surface area contributed by atoms with Crippen molar-refractivity contribution in [2.75, 3.05) is 0 Å². The summed E-state index contributed by atoms with van der Waals surface area (Å²) in [4.78, 5) is 0. The molecule has 0 amide bonds. The highest BCUT2D eigenvalue weighted by Gasteiger charge is 2.52. The number of rotatable bonds is 2. The fourth-order valence-electron chi connectivity index (χ4n) is 2.46. The van der Waals surface area contributed by atoms with Gasteiger partial charge in [-0.3, -0.25) is 0 Å². The summed E-state index contributed by atoms with van der Waals surface area (Å²) in [6.45, 7) is 0. The lowest BCUT2D eigenvalue weighted by atomic mass is 10.00. The summed E-state index contributed by atoms with van der Waals surface area (Å²) in [5.74, 6) is 0.419. The zero-order chi connectivity index (χ0) is 11.9. The molecule has 94 valence electrons. The lowest BCUT2D eigenvalue weighted by Crippen LogP contribution is -2.21. The van der Waals surface area contributed by atoms with Gasteiger partial charge in [0.1, 0.15) is 0 Å². The van der Waals surface area contributed by atoms with Crippen molar-refractivity contribution in [3.8, 4) is 0 Å². The molecule has 2 atom stereocenters. The Kier molecular flexibility index (Phi) is 3.67. The number of hydrogen-bond acceptors (Lipinski definition) is 1. The molecule has 0 bridgehead atoms. The quantitative estimate of drug-likeness (QED) is 0.880. The van der Waals surface area contributed by atoms with E-state index in [1.165, 1.54) is 11.1 Å². The van der Waals surface area contributed by atoms with Crippen LogP contribution in [0.15, 0.2) is 54.6 Å². The maximum Gasteiger partial charge on any atom is 0.0486 e. The van der Waals surface area contributed by atoms with Crippen LogP contribution in [0.4, 0.5) is 0 Å². The molecule has 0 aromatic heterocycles. The van der Waals surface area contributed by atoms with Crippen LogP contribution in [0.1, 0.15) is 23.5 Å². The standard InChI is InChI=1S/C15H14ClN.ClH/c16-13-8-6-11(7-9-13)14-10-15(14,17)12-4-2-1-3-5-12;/h1-9,14H,10,17H2;1H/t14-,15+;/m1./s1. The molecule has 0 radical (unpaired) electrons. The molecule has 1 aliphatic rings. The topological polar surface area (TPSA) is 26.0 Å². The Morgan fingerprint density at radius 3 is 2.22 bits per heavy atom. The van der Waals surface area contributed by atoms with Gasteiger partial charge in [0.2, 0.25) is 0 Å². The fourth-order valence-corrected chi connectivity index (χ4v) is 2.58. The average molecular weight is 280 g/mol. The molecule has 3 rings (SSSR count). The van der Waals surface area contributed by atoms with Crippen LogP contribution >= 0.6 is 24.0 Å². The Bertz CT molecular complexity index is 524. The van der Waals surface area contributed by atoms with E-state index < -0.39 is 0 Å². The first-order chi connectivity index (χ1) is 8.20. The molecule has 18 heavy (non-hydrogen) atoms. The fraction of sp³-hybridized carbons (Fsp3) is 0.200. The molecule has 0 spiro atoms. The maximum absolute atomic E-state index is 6.45. The number of nitrogens with two attached hydrogens (primary N) is 1. The Morgan fingerprint density at radius 2 is 1.61 bits per heavy atom. The second-order valence-corrected chi connectivity index (χ2v) is 5.15. The third-order valence-corrected chi connectivity index (χ3v) is 3.84. The molecule has 3 heteroatoms. The Morgan fingerprint density at radius 1 is 1.00 bits per heavy atom. The largest absolute Gasteiger partial charge is 0.321 e. The SMILES string of the molecule is Cl.N[C@]1(c2ccccc2)C[C@@H]1c1ccc(Cl)cc1. The van der Waals surface area contributed by atoms with Crippen LogP contribution in [0.25, 0.3) is 0 Å². The van der Waals surface area contributed by atoms with Gasteiger partial charge in [0.05, 0.1) is 0 Å². The summed E-state index contributed by atoms with van der Waals surface area (Å²) >= 11 is 5.89. The van der Waals surface area contributed by atoms with Crippen LogP contribution in [0.3, 0.4) is 0 Å². The lowest BCUT2D eigenvalue weighted by Gasteiger charge is -2.12. The summed E-state index contributed by atoms with van der Waals surface area (Å²) < 4.78 is 0. The van der Waals surface area contributed by atoms with E-state index in [0.29, 0.717) is 5.92 Å². The molecule has 2 N–H and O–H groups in total. The smallest absolute Gasteiger partial charge is 0.0486 e. The molecule has 2 aromatic rings. The maximum atomic E-state index is 6.45. The Hall–Kier alpha value is -1.02. The normalized spacial score (nSPS) is 25.3. The molecule has 0 aliphatic heterocycles. The summed E-state index contributed by atoms with van der Waals surface area (Å²) in [6, 6.07) is 18.3. The van der Waals surface area contributed by atoms with E-state index in [1.54, 1.807) is 0 Å². The van der Waals surface area contributed by atoms with E-state index >= 15 is 0 Å². The molecular formula is C15H15Cl2N. The van der Waals surface area contributed by atoms with Crippen LogP contribution in [0, 0.1) is 0 Å². The van der Waals surface area contributed by atoms with Gasteiger partial charge >= 0.3 is 0 Å². The van der Waals surface area contributed by atoms with Crippen molar-refractivity contribution in [3.05, 3.63) is 70.7 Å². The first-order valence-electron chi connectivity index (χ1n) is 5.80. The number of benzene rings is 2. The van der Waals surface area contributed by atoms with Crippen LogP contribution < -0.4 is 5.73 Å². The molecule has 1 nitrogen and oxygen atoms in total. The van der Waals surface area contributed by atoms with Gasteiger partial charge in [-0.15, -0.1) is 12.4 Å². The van der Waals surface area contributed by atoms with E-state index in [9.17, 15) is 0 Å². The van der Waals surface area contributed by atoms with Gasteiger partial charge in [-0.25, -0.2) is 0 Å². The third-order valence-electron chi connectivity index (χ3n) is 3.59. The molecule has 0 heterocycles. The molecule has 2 aromatic carbocycles. The lowest BCUT2D eigenvalue weighted by molar-refractivity contribution is 0.706. The first-order valence-corrected chi connectivity index (χ1v) is 6.18.